The molecule has 0 aromatic carbocycles. The predicted molar refractivity (Wildman–Crippen MR) is 73.5 cm³/mol. The molecule has 0 aromatic rings. The van der Waals surface area contributed by atoms with Gasteiger partial charge in [-0.25, -0.2) is 0 Å². The zero-order chi connectivity index (χ0) is 11.2. The molecule has 0 atom stereocenters. The van der Waals surface area contributed by atoms with Crippen molar-refractivity contribution in [1.29, 1.82) is 0 Å². The Morgan fingerprint density at radius 3 is 1.38 bits per heavy atom. The van der Waals surface area contributed by atoms with Crippen molar-refractivity contribution in [3.8, 4) is 0 Å². The van der Waals surface area contributed by atoms with Gasteiger partial charge in [-0.2, -0.15) is 0 Å². The predicted octanol–water partition coefficient (Wildman–Crippen LogP) is 2.83. The van der Waals surface area contributed by atoms with E-state index in [1.807, 2.05) is 14.1 Å². The Labute approximate surface area is 118 Å². The summed E-state index contributed by atoms with van der Waals surface area (Å²) < 4.78 is 0. The number of hydrogen-bond donors (Lipinski definition) is 0. The molecule has 4 radical (unpaired) electrons. The first-order valence-electron chi connectivity index (χ1n) is 5.42. The molecule has 0 nitrogen and oxygen atoms in total. The van der Waals surface area contributed by atoms with Gasteiger partial charge < -0.3 is 0 Å². The van der Waals surface area contributed by atoms with Crippen LogP contribution in [0.5, 0.6) is 0 Å². The molecule has 2 aliphatic rings. The molecule has 0 heterocycles. The van der Waals surface area contributed by atoms with Crippen LogP contribution in [0.1, 0.15) is 19.8 Å². The third-order valence-corrected chi connectivity index (χ3v) is 1.68. The Balaban J connectivity index is 0. The van der Waals surface area contributed by atoms with Gasteiger partial charge in [0.15, 0.2) is 0 Å². The van der Waals surface area contributed by atoms with Crippen LogP contribution in [0.2, 0.25) is 6.32 Å². The molecule has 0 N–H and O–H groups in total. The van der Waals surface area contributed by atoms with E-state index in [1.54, 1.807) is 7.06 Å². The summed E-state index contributed by atoms with van der Waals surface area (Å²) in [6.07, 6.45) is 20.0. The summed E-state index contributed by atoms with van der Waals surface area (Å²) in [5.41, 5.74) is 0. The first-order valence-corrected chi connectivity index (χ1v) is 5.42. The molecule has 4 heteroatoms. The van der Waals surface area contributed by atoms with Gasteiger partial charge in [-0.3, -0.25) is 0 Å². The molecule has 16 heavy (non-hydrogen) atoms. The zero-order valence-electron chi connectivity index (χ0n) is 9.97. The maximum absolute atomic E-state index is 4.96. The van der Waals surface area contributed by atoms with Gasteiger partial charge in [0.1, 0.15) is 0 Å². The van der Waals surface area contributed by atoms with Crippen LogP contribution in [-0.2, 0) is 21.7 Å². The van der Waals surface area contributed by atoms with Crippen molar-refractivity contribution < 1.29 is 21.7 Å². The van der Waals surface area contributed by atoms with Crippen molar-refractivity contribution in [2.75, 3.05) is 0 Å². The maximum Gasteiger partial charge on any atom is 0.0541 e. The van der Waals surface area contributed by atoms with Crippen molar-refractivity contribution in [3.63, 3.8) is 0 Å². The summed E-state index contributed by atoms with van der Waals surface area (Å²) in [5.74, 6) is 0. The summed E-state index contributed by atoms with van der Waals surface area (Å²) in [6, 6.07) is 0. The van der Waals surface area contributed by atoms with E-state index in [9.17, 15) is 0 Å². The van der Waals surface area contributed by atoms with Crippen LogP contribution in [0.25, 0.3) is 0 Å². The first-order chi connectivity index (χ1) is 7.41. The summed E-state index contributed by atoms with van der Waals surface area (Å²) in [4.78, 5) is 0. The van der Waals surface area contributed by atoms with Gasteiger partial charge in [-0.1, -0.05) is 61.9 Å². The third kappa shape index (κ3) is 16.3. The molecular weight excluding hydrogens is 224 g/mol. The summed E-state index contributed by atoms with van der Waals surface area (Å²) in [6.45, 7) is 2.04. The van der Waals surface area contributed by atoms with Gasteiger partial charge in [-0.05, 0) is 12.8 Å². The average Bonchev–Trinajstić information content (AvgIpc) is 2.99. The van der Waals surface area contributed by atoms with Crippen molar-refractivity contribution >= 4 is 22.0 Å². The minimum atomic E-state index is 0. The Morgan fingerprint density at radius 2 is 1.31 bits per heavy atom. The van der Waals surface area contributed by atoms with Crippen LogP contribution in [0.3, 0.4) is 0 Å². The van der Waals surface area contributed by atoms with E-state index < -0.39 is 0 Å². The Bertz CT molecular complexity index is 188. The minimum Gasteiger partial charge on any atom is -0.0923 e. The van der Waals surface area contributed by atoms with Gasteiger partial charge in [0, 0.05) is 36.5 Å². The van der Waals surface area contributed by atoms with E-state index in [4.69, 9.17) is 7.74 Å². The summed E-state index contributed by atoms with van der Waals surface area (Å²) in [7, 11) is 8.42. The average molecular weight is 242 g/mol. The standard InChI is InChI=1S/2C5H6.C2H5B3.Ti/c2*1-2-4-5-3-1;1-2-4-5-3;/h2*1-4H,5H2;2H2,1H3;. The monoisotopic (exact) mass is 242 g/mol. The fourth-order valence-electron chi connectivity index (χ4n) is 0.922. The van der Waals surface area contributed by atoms with Crippen LogP contribution < -0.4 is 0 Å². The largest absolute Gasteiger partial charge is 0.0923 e. The smallest absolute Gasteiger partial charge is 0.0541 e. The fraction of sp³-hybridized carbons (Fsp3) is 0.333. The van der Waals surface area contributed by atoms with Crippen LogP contribution >= 0.6 is 0 Å². The van der Waals surface area contributed by atoms with Crippen molar-refractivity contribution in [2.45, 2.75) is 26.1 Å². The molecule has 0 saturated carbocycles. The SMILES string of the molecule is C1=CCC=C1.C1=CCC=C1.[B][B][B]CC.[Ti]. The van der Waals surface area contributed by atoms with E-state index in [-0.39, 0.29) is 21.7 Å². The molecule has 0 aromatic heterocycles. The second-order valence-electron chi connectivity index (χ2n) is 3.02. The van der Waals surface area contributed by atoms with E-state index in [0.717, 1.165) is 19.2 Å². The van der Waals surface area contributed by atoms with E-state index in [1.165, 1.54) is 0 Å². The molecule has 0 unspecified atom stereocenters. The van der Waals surface area contributed by atoms with E-state index in [2.05, 4.69) is 48.6 Å². The number of rotatable bonds is 2. The second kappa shape index (κ2) is 17.3. The Morgan fingerprint density at radius 1 is 0.938 bits per heavy atom. The number of hydrogen-bond acceptors (Lipinski definition) is 0. The van der Waals surface area contributed by atoms with Crippen LogP contribution in [0, 0.1) is 0 Å². The molecule has 0 bridgehead atoms. The molecule has 0 saturated heterocycles. The second-order valence-corrected chi connectivity index (χ2v) is 3.02. The molecule has 0 amide bonds. The molecule has 2 rings (SSSR count). The molecule has 0 fully saturated rings. The molecule has 0 aliphatic heterocycles. The van der Waals surface area contributed by atoms with Crippen LogP contribution in [0.4, 0.5) is 0 Å². The van der Waals surface area contributed by atoms with E-state index in [0.29, 0.717) is 0 Å². The maximum atomic E-state index is 4.96. The topological polar surface area (TPSA) is 0 Å². The normalized spacial score (nSPS) is 13.1. The van der Waals surface area contributed by atoms with Crippen LogP contribution in [0.15, 0.2) is 48.6 Å². The van der Waals surface area contributed by atoms with E-state index >= 15 is 0 Å². The van der Waals surface area contributed by atoms with Crippen LogP contribution in [-0.4, -0.2) is 22.0 Å². The Kier molecular flexibility index (Phi) is 19.7. The molecule has 0 spiro atoms. The fourth-order valence-corrected chi connectivity index (χ4v) is 0.922. The molecule has 2 aliphatic carbocycles. The van der Waals surface area contributed by atoms with Crippen molar-refractivity contribution in [1.82, 2.24) is 0 Å². The number of allylic oxidation sites excluding steroid dienone is 8. The summed E-state index contributed by atoms with van der Waals surface area (Å²) in [5, 5.41) is 0. The first kappa shape index (κ1) is 18.2. The van der Waals surface area contributed by atoms with Gasteiger partial charge in [-0.15, -0.1) is 0 Å². The van der Waals surface area contributed by atoms with Gasteiger partial charge in [0.25, 0.3) is 0 Å². The third-order valence-electron chi connectivity index (χ3n) is 1.68. The molecule has 78 valence electrons. The van der Waals surface area contributed by atoms with Gasteiger partial charge in [0.05, 0.1) is 7.17 Å². The van der Waals surface area contributed by atoms with Crippen molar-refractivity contribution in [2.24, 2.45) is 0 Å². The quantitative estimate of drug-likeness (QED) is 0.652. The summed E-state index contributed by atoms with van der Waals surface area (Å²) >= 11 is 0. The van der Waals surface area contributed by atoms with Gasteiger partial charge >= 0.3 is 0 Å². The zero-order valence-corrected chi connectivity index (χ0v) is 11.5. The minimum absolute atomic E-state index is 0. The van der Waals surface area contributed by atoms with Crippen molar-refractivity contribution in [3.05, 3.63) is 48.6 Å². The molecular formula is C12H17B3Ti. The Hall–Kier alpha value is -0.131. The van der Waals surface area contributed by atoms with Gasteiger partial charge in [0.2, 0.25) is 0 Å².